The van der Waals surface area contributed by atoms with Gasteiger partial charge in [0.05, 0.1) is 11.3 Å². The van der Waals surface area contributed by atoms with E-state index < -0.39 is 11.7 Å². The van der Waals surface area contributed by atoms with Crippen molar-refractivity contribution in [2.24, 2.45) is 0 Å². The van der Waals surface area contributed by atoms with Gasteiger partial charge in [-0.05, 0) is 60.2 Å². The van der Waals surface area contributed by atoms with Crippen molar-refractivity contribution in [3.05, 3.63) is 27.3 Å². The molecule has 0 radical (unpaired) electrons. The first kappa shape index (κ1) is 15.4. The summed E-state index contributed by atoms with van der Waals surface area (Å²) in [6, 6.07) is 4.64. The molecule has 0 N–H and O–H groups in total. The molecule has 2 heterocycles. The van der Waals surface area contributed by atoms with Crippen LogP contribution in [0.1, 0.15) is 24.8 Å². The molecular formula is C15H18F3IN2. The zero-order valence-electron chi connectivity index (χ0n) is 11.7. The second-order valence-electron chi connectivity index (χ2n) is 5.80. The van der Waals surface area contributed by atoms with E-state index in [1.54, 1.807) is 6.07 Å². The van der Waals surface area contributed by atoms with Crippen molar-refractivity contribution in [2.75, 3.05) is 31.1 Å². The molecule has 6 heteroatoms. The molecule has 0 bridgehead atoms. The van der Waals surface area contributed by atoms with E-state index in [2.05, 4.69) is 9.80 Å². The third-order valence-corrected chi connectivity index (χ3v) is 5.32. The van der Waals surface area contributed by atoms with Gasteiger partial charge >= 0.3 is 6.18 Å². The quantitative estimate of drug-likeness (QED) is 0.647. The number of alkyl halides is 3. The normalized spacial score (nSPS) is 24.0. The summed E-state index contributed by atoms with van der Waals surface area (Å²) in [6.07, 6.45) is -0.526. The molecule has 2 saturated heterocycles. The van der Waals surface area contributed by atoms with Gasteiger partial charge in [-0.2, -0.15) is 13.2 Å². The van der Waals surface area contributed by atoms with E-state index in [0.717, 1.165) is 25.3 Å². The lowest BCUT2D eigenvalue weighted by Crippen LogP contribution is -2.55. The first-order valence-corrected chi connectivity index (χ1v) is 8.39. The summed E-state index contributed by atoms with van der Waals surface area (Å²) in [5, 5.41) is 0. The number of fused-ring (bicyclic) bond motifs is 1. The van der Waals surface area contributed by atoms with Crippen LogP contribution in [0.25, 0.3) is 0 Å². The first-order chi connectivity index (χ1) is 9.95. The second-order valence-corrected chi connectivity index (χ2v) is 6.96. The SMILES string of the molecule is FC(F)(F)c1ccc(N2CCN3CCCCC3C2)c(I)c1. The number of hydrogen-bond acceptors (Lipinski definition) is 2. The second kappa shape index (κ2) is 5.95. The molecule has 21 heavy (non-hydrogen) atoms. The Labute approximate surface area is 136 Å². The van der Waals surface area contributed by atoms with Crippen molar-refractivity contribution in [1.29, 1.82) is 0 Å². The van der Waals surface area contributed by atoms with E-state index in [-0.39, 0.29) is 0 Å². The minimum absolute atomic E-state index is 0.561. The van der Waals surface area contributed by atoms with Crippen molar-refractivity contribution in [3.8, 4) is 0 Å². The monoisotopic (exact) mass is 410 g/mol. The third kappa shape index (κ3) is 3.31. The molecule has 0 amide bonds. The number of nitrogens with zero attached hydrogens (tertiary/aromatic N) is 2. The van der Waals surface area contributed by atoms with Crippen LogP contribution in [0.15, 0.2) is 18.2 Å². The fourth-order valence-electron chi connectivity index (χ4n) is 3.31. The van der Waals surface area contributed by atoms with Gasteiger partial charge in [0.1, 0.15) is 0 Å². The highest BCUT2D eigenvalue weighted by Gasteiger charge is 2.33. The standard InChI is InChI=1S/C15H18F3IN2/c16-15(17,18)11-4-5-14(13(19)9-11)21-8-7-20-6-2-1-3-12(20)10-21/h4-5,9,12H,1-3,6-8,10H2. The Bertz CT molecular complexity index is 518. The van der Waals surface area contributed by atoms with Crippen LogP contribution in [-0.2, 0) is 6.18 Å². The zero-order valence-corrected chi connectivity index (χ0v) is 13.8. The van der Waals surface area contributed by atoms with Crippen LogP contribution in [0.2, 0.25) is 0 Å². The Balaban J connectivity index is 1.78. The van der Waals surface area contributed by atoms with Crippen LogP contribution in [0.5, 0.6) is 0 Å². The average Bonchev–Trinajstić information content (AvgIpc) is 2.45. The Morgan fingerprint density at radius 3 is 2.62 bits per heavy atom. The summed E-state index contributed by atoms with van der Waals surface area (Å²) in [7, 11) is 0. The van der Waals surface area contributed by atoms with E-state index >= 15 is 0 Å². The molecule has 0 aromatic heterocycles. The predicted molar refractivity (Wildman–Crippen MR) is 85.6 cm³/mol. The van der Waals surface area contributed by atoms with Crippen LogP contribution in [0, 0.1) is 3.57 Å². The molecule has 2 fully saturated rings. The number of rotatable bonds is 1. The predicted octanol–water partition coefficient (Wildman–Crippen LogP) is 3.98. The summed E-state index contributed by atoms with van der Waals surface area (Å²) in [5.74, 6) is 0. The van der Waals surface area contributed by atoms with E-state index in [9.17, 15) is 13.2 Å². The van der Waals surface area contributed by atoms with Crippen LogP contribution in [0.3, 0.4) is 0 Å². The largest absolute Gasteiger partial charge is 0.416 e. The van der Waals surface area contributed by atoms with Gasteiger partial charge in [-0.25, -0.2) is 0 Å². The highest BCUT2D eigenvalue weighted by Crippen LogP contribution is 2.34. The minimum Gasteiger partial charge on any atom is -0.368 e. The molecule has 2 aliphatic rings. The summed E-state index contributed by atoms with van der Waals surface area (Å²) in [6.45, 7) is 4.02. The summed E-state index contributed by atoms with van der Waals surface area (Å²) >= 11 is 2.02. The Morgan fingerprint density at radius 2 is 1.90 bits per heavy atom. The van der Waals surface area contributed by atoms with E-state index in [4.69, 9.17) is 0 Å². The topological polar surface area (TPSA) is 6.48 Å². The molecule has 0 spiro atoms. The van der Waals surface area contributed by atoms with Gasteiger partial charge in [-0.15, -0.1) is 0 Å². The molecule has 1 atom stereocenters. The van der Waals surface area contributed by atoms with Crippen molar-refractivity contribution in [2.45, 2.75) is 31.5 Å². The van der Waals surface area contributed by atoms with Gasteiger partial charge in [0, 0.05) is 29.2 Å². The van der Waals surface area contributed by atoms with Gasteiger partial charge in [0.15, 0.2) is 0 Å². The molecule has 3 rings (SSSR count). The maximum atomic E-state index is 12.7. The highest BCUT2D eigenvalue weighted by atomic mass is 127. The molecule has 1 aromatic carbocycles. The molecular weight excluding hydrogens is 392 g/mol. The molecule has 1 unspecified atom stereocenters. The number of benzene rings is 1. The average molecular weight is 410 g/mol. The lowest BCUT2D eigenvalue weighted by atomic mass is 9.99. The van der Waals surface area contributed by atoms with Gasteiger partial charge in [-0.1, -0.05) is 6.42 Å². The number of piperidine rings is 1. The van der Waals surface area contributed by atoms with Crippen molar-refractivity contribution >= 4 is 28.3 Å². The summed E-state index contributed by atoms with van der Waals surface area (Å²) in [5.41, 5.74) is 0.376. The molecule has 0 aliphatic carbocycles. The number of hydrogen-bond donors (Lipinski definition) is 0. The number of halogens is 4. The molecule has 1 aromatic rings. The summed E-state index contributed by atoms with van der Waals surface area (Å²) < 4.78 is 38.9. The van der Waals surface area contributed by atoms with Crippen LogP contribution >= 0.6 is 22.6 Å². The van der Waals surface area contributed by atoms with Crippen molar-refractivity contribution in [1.82, 2.24) is 4.90 Å². The maximum Gasteiger partial charge on any atom is 0.416 e. The van der Waals surface area contributed by atoms with Crippen molar-refractivity contribution < 1.29 is 13.2 Å². The fourth-order valence-corrected chi connectivity index (χ4v) is 4.17. The van der Waals surface area contributed by atoms with E-state index in [1.165, 1.54) is 37.9 Å². The van der Waals surface area contributed by atoms with Gasteiger partial charge in [0.2, 0.25) is 0 Å². The van der Waals surface area contributed by atoms with Gasteiger partial charge in [-0.3, -0.25) is 4.90 Å². The highest BCUT2D eigenvalue weighted by molar-refractivity contribution is 14.1. The van der Waals surface area contributed by atoms with Crippen LogP contribution < -0.4 is 4.90 Å². The van der Waals surface area contributed by atoms with E-state index in [0.29, 0.717) is 9.61 Å². The zero-order chi connectivity index (χ0) is 15.0. The van der Waals surface area contributed by atoms with Crippen LogP contribution in [-0.4, -0.2) is 37.1 Å². The van der Waals surface area contributed by atoms with Crippen molar-refractivity contribution in [3.63, 3.8) is 0 Å². The van der Waals surface area contributed by atoms with Crippen LogP contribution in [0.4, 0.5) is 18.9 Å². The third-order valence-electron chi connectivity index (χ3n) is 4.45. The first-order valence-electron chi connectivity index (χ1n) is 7.31. The van der Waals surface area contributed by atoms with E-state index in [1.807, 2.05) is 22.6 Å². The Morgan fingerprint density at radius 1 is 1.10 bits per heavy atom. The van der Waals surface area contributed by atoms with Gasteiger partial charge in [0.25, 0.3) is 0 Å². The lowest BCUT2D eigenvalue weighted by Gasteiger charge is -2.45. The van der Waals surface area contributed by atoms with Gasteiger partial charge < -0.3 is 4.90 Å². The lowest BCUT2D eigenvalue weighted by molar-refractivity contribution is -0.137. The maximum absolute atomic E-state index is 12.7. The Kier molecular flexibility index (Phi) is 4.36. The number of anilines is 1. The molecule has 2 nitrogen and oxygen atoms in total. The number of piperazine rings is 1. The minimum atomic E-state index is -4.26. The molecule has 116 valence electrons. The fraction of sp³-hybridized carbons (Fsp3) is 0.600. The smallest absolute Gasteiger partial charge is 0.368 e. The Hall–Kier alpha value is -0.500. The summed E-state index contributed by atoms with van der Waals surface area (Å²) in [4.78, 5) is 4.77. The molecule has 2 aliphatic heterocycles. The molecule has 0 saturated carbocycles.